The van der Waals surface area contributed by atoms with E-state index in [2.05, 4.69) is 36.2 Å². The molecule has 1 N–H and O–H groups in total. The third kappa shape index (κ3) is 3.02. The molecule has 0 saturated heterocycles. The molecule has 0 amide bonds. The number of pyridine rings is 1. The lowest BCUT2D eigenvalue weighted by molar-refractivity contribution is -0.138. The van der Waals surface area contributed by atoms with E-state index in [-0.39, 0.29) is 0 Å². The van der Waals surface area contributed by atoms with E-state index in [4.69, 9.17) is 0 Å². The minimum atomic E-state index is -0.906. The molecular weight excluding hydrogens is 318 g/mol. The average molecular weight is 337 g/mol. The van der Waals surface area contributed by atoms with Gasteiger partial charge in [-0.25, -0.2) is 0 Å². The van der Waals surface area contributed by atoms with Crippen molar-refractivity contribution >= 4 is 28.5 Å². The predicted molar refractivity (Wildman–Crippen MR) is 99.5 cm³/mol. The van der Waals surface area contributed by atoms with Crippen LogP contribution in [0.3, 0.4) is 0 Å². The van der Waals surface area contributed by atoms with Crippen LogP contribution in [-0.2, 0) is 4.79 Å². The highest BCUT2D eigenvalue weighted by atomic mass is 32.2. The molecule has 0 aliphatic heterocycles. The molecule has 0 atom stereocenters. The molecule has 0 aliphatic carbocycles. The Morgan fingerprint density at radius 1 is 1.04 bits per heavy atom. The second kappa shape index (κ2) is 6.29. The number of carboxylic acid groups (broad SMARTS) is 1. The number of hydrogen-bond acceptors (Lipinski definition) is 3. The summed E-state index contributed by atoms with van der Waals surface area (Å²) in [6.45, 7) is 5.54. The van der Waals surface area contributed by atoms with E-state index < -0.39 is 10.7 Å². The van der Waals surface area contributed by atoms with Crippen molar-refractivity contribution < 1.29 is 9.90 Å². The Morgan fingerprint density at radius 2 is 1.75 bits per heavy atom. The van der Waals surface area contributed by atoms with Crippen molar-refractivity contribution in [1.29, 1.82) is 0 Å². The number of thioether (sulfide) groups is 1. The Kier molecular flexibility index (Phi) is 4.33. The SMILES string of the molecule is Cc1ccc(-c2cnccc2SC(C)(C)C(=O)O)c2ccccc12. The van der Waals surface area contributed by atoms with Crippen molar-refractivity contribution in [3.63, 3.8) is 0 Å². The molecule has 0 fully saturated rings. The van der Waals surface area contributed by atoms with E-state index in [1.807, 2.05) is 24.4 Å². The number of rotatable bonds is 4. The van der Waals surface area contributed by atoms with Crippen LogP contribution in [-0.4, -0.2) is 20.8 Å². The number of carboxylic acids is 1. The van der Waals surface area contributed by atoms with Crippen LogP contribution in [0.5, 0.6) is 0 Å². The molecule has 24 heavy (non-hydrogen) atoms. The lowest BCUT2D eigenvalue weighted by Crippen LogP contribution is -2.27. The Hall–Kier alpha value is -2.33. The number of fused-ring (bicyclic) bond motifs is 1. The van der Waals surface area contributed by atoms with Crippen LogP contribution in [0.2, 0.25) is 0 Å². The lowest BCUT2D eigenvalue weighted by Gasteiger charge is -2.21. The molecule has 0 bridgehead atoms. The van der Waals surface area contributed by atoms with Crippen LogP contribution >= 0.6 is 11.8 Å². The third-order valence-corrected chi connectivity index (χ3v) is 5.35. The molecule has 1 heterocycles. The summed E-state index contributed by atoms with van der Waals surface area (Å²) >= 11 is 1.35. The Labute approximate surface area is 145 Å². The zero-order chi connectivity index (χ0) is 17.3. The highest BCUT2D eigenvalue weighted by Crippen LogP contribution is 2.40. The summed E-state index contributed by atoms with van der Waals surface area (Å²) in [7, 11) is 0. The summed E-state index contributed by atoms with van der Waals surface area (Å²) in [5.41, 5.74) is 3.26. The molecule has 122 valence electrons. The minimum absolute atomic E-state index is 0.830. The van der Waals surface area contributed by atoms with Crippen LogP contribution in [0, 0.1) is 6.92 Å². The van der Waals surface area contributed by atoms with Gasteiger partial charge in [-0.15, -0.1) is 11.8 Å². The van der Waals surface area contributed by atoms with Gasteiger partial charge in [0.1, 0.15) is 4.75 Å². The van der Waals surface area contributed by atoms with Crippen molar-refractivity contribution in [1.82, 2.24) is 4.98 Å². The van der Waals surface area contributed by atoms with E-state index in [1.54, 1.807) is 20.0 Å². The maximum atomic E-state index is 11.5. The van der Waals surface area contributed by atoms with Crippen LogP contribution in [0.4, 0.5) is 0 Å². The first kappa shape index (κ1) is 16.5. The Morgan fingerprint density at radius 3 is 2.46 bits per heavy atom. The van der Waals surface area contributed by atoms with Crippen molar-refractivity contribution in [2.45, 2.75) is 30.4 Å². The highest BCUT2D eigenvalue weighted by molar-refractivity contribution is 8.01. The van der Waals surface area contributed by atoms with Crippen LogP contribution in [0.1, 0.15) is 19.4 Å². The van der Waals surface area contributed by atoms with Crippen LogP contribution in [0.15, 0.2) is 59.8 Å². The number of hydrogen-bond donors (Lipinski definition) is 1. The lowest BCUT2D eigenvalue weighted by atomic mass is 9.96. The van der Waals surface area contributed by atoms with E-state index in [0.29, 0.717) is 0 Å². The first-order chi connectivity index (χ1) is 11.4. The molecule has 3 rings (SSSR count). The van der Waals surface area contributed by atoms with Gasteiger partial charge in [-0.2, -0.15) is 0 Å². The molecule has 2 aromatic carbocycles. The Bertz CT molecular complexity index is 918. The topological polar surface area (TPSA) is 50.2 Å². The maximum absolute atomic E-state index is 11.5. The standard InChI is InChI=1S/C20H19NO2S/c1-13-8-9-16(15-7-5-4-6-14(13)15)17-12-21-11-10-18(17)24-20(2,3)19(22)23/h4-12H,1-3H3,(H,22,23). The second-order valence-corrected chi connectivity index (χ2v) is 7.93. The monoisotopic (exact) mass is 337 g/mol. The van der Waals surface area contributed by atoms with Gasteiger partial charge in [-0.3, -0.25) is 9.78 Å². The first-order valence-electron chi connectivity index (χ1n) is 7.75. The van der Waals surface area contributed by atoms with E-state index in [0.717, 1.165) is 21.4 Å². The van der Waals surface area contributed by atoms with Gasteiger partial charge in [0, 0.05) is 22.9 Å². The van der Waals surface area contributed by atoms with Gasteiger partial charge in [-0.1, -0.05) is 36.4 Å². The average Bonchev–Trinajstić information content (AvgIpc) is 2.56. The van der Waals surface area contributed by atoms with Crippen molar-refractivity contribution in [2.75, 3.05) is 0 Å². The number of aromatic nitrogens is 1. The molecule has 0 unspecified atom stereocenters. The van der Waals surface area contributed by atoms with Crippen molar-refractivity contribution in [3.05, 3.63) is 60.4 Å². The number of benzene rings is 2. The van der Waals surface area contributed by atoms with E-state index >= 15 is 0 Å². The molecule has 0 saturated carbocycles. The van der Waals surface area contributed by atoms with E-state index in [1.165, 1.54) is 22.7 Å². The molecule has 3 nitrogen and oxygen atoms in total. The molecule has 4 heteroatoms. The summed E-state index contributed by atoms with van der Waals surface area (Å²) in [6.07, 6.45) is 3.53. The van der Waals surface area contributed by atoms with Gasteiger partial charge in [-0.05, 0) is 48.7 Å². The van der Waals surface area contributed by atoms with Gasteiger partial charge < -0.3 is 5.11 Å². The zero-order valence-electron chi connectivity index (χ0n) is 13.9. The second-order valence-electron chi connectivity index (χ2n) is 6.26. The molecule has 0 radical (unpaired) electrons. The Balaban J connectivity index is 2.19. The van der Waals surface area contributed by atoms with Gasteiger partial charge in [0.2, 0.25) is 0 Å². The number of nitrogens with zero attached hydrogens (tertiary/aromatic N) is 1. The van der Waals surface area contributed by atoms with Crippen LogP contribution < -0.4 is 0 Å². The fourth-order valence-corrected chi connectivity index (χ4v) is 3.71. The van der Waals surface area contributed by atoms with Gasteiger partial charge >= 0.3 is 5.97 Å². The summed E-state index contributed by atoms with van der Waals surface area (Å²) in [6, 6.07) is 14.3. The van der Waals surface area contributed by atoms with Crippen molar-refractivity contribution in [2.24, 2.45) is 0 Å². The molecule has 3 aromatic rings. The molecule has 1 aromatic heterocycles. The quantitative estimate of drug-likeness (QED) is 0.668. The summed E-state index contributed by atoms with van der Waals surface area (Å²) in [4.78, 5) is 16.7. The van der Waals surface area contributed by atoms with Gasteiger partial charge in [0.15, 0.2) is 0 Å². The summed E-state index contributed by atoms with van der Waals surface area (Å²) in [5, 5.41) is 11.8. The van der Waals surface area contributed by atoms with Gasteiger partial charge in [0.25, 0.3) is 0 Å². The molecular formula is C20H19NO2S. The zero-order valence-corrected chi connectivity index (χ0v) is 14.7. The number of carbonyl (C=O) groups is 1. The fraction of sp³-hybridized carbons (Fsp3) is 0.200. The first-order valence-corrected chi connectivity index (χ1v) is 8.57. The smallest absolute Gasteiger partial charge is 0.319 e. The van der Waals surface area contributed by atoms with Gasteiger partial charge in [0.05, 0.1) is 0 Å². The predicted octanol–water partition coefficient (Wildman–Crippen LogP) is 5.17. The fourth-order valence-electron chi connectivity index (χ4n) is 2.68. The van der Waals surface area contributed by atoms with E-state index in [9.17, 15) is 9.90 Å². The number of aryl methyl sites for hydroxylation is 1. The van der Waals surface area contributed by atoms with Crippen LogP contribution in [0.25, 0.3) is 21.9 Å². The third-order valence-electron chi connectivity index (χ3n) is 4.09. The number of aliphatic carboxylic acids is 1. The molecule has 0 aliphatic rings. The largest absolute Gasteiger partial charge is 0.480 e. The summed E-state index contributed by atoms with van der Waals surface area (Å²) < 4.78 is -0.906. The molecule has 0 spiro atoms. The summed E-state index contributed by atoms with van der Waals surface area (Å²) in [5.74, 6) is -0.830. The van der Waals surface area contributed by atoms with Crippen molar-refractivity contribution in [3.8, 4) is 11.1 Å². The highest BCUT2D eigenvalue weighted by Gasteiger charge is 2.29. The normalized spacial score (nSPS) is 11.6. The maximum Gasteiger partial charge on any atom is 0.319 e. The minimum Gasteiger partial charge on any atom is -0.480 e.